The Balaban J connectivity index is 2.37. The predicted molar refractivity (Wildman–Crippen MR) is 83.0 cm³/mol. The molecule has 0 atom stereocenters. The first kappa shape index (κ1) is 13.3. The molecule has 1 aromatic carbocycles. The van der Waals surface area contributed by atoms with Gasteiger partial charge < -0.3 is 9.72 Å². The fourth-order valence-corrected chi connectivity index (χ4v) is 2.91. The first-order valence-corrected chi connectivity index (χ1v) is 7.08. The standard InChI is InChI=1S/C13H11BrN4OS/c1-7-5-8(14)3-4-9(7)18-11-10(17-13(18)20)12(19-2)16-6-15-11/h3-6H,1-2H3,(H,17,20). The van der Waals surface area contributed by atoms with Gasteiger partial charge in [0, 0.05) is 4.47 Å². The molecule has 102 valence electrons. The molecular formula is C13H11BrN4OS. The van der Waals surface area contributed by atoms with Crippen LogP contribution < -0.4 is 4.74 Å². The van der Waals surface area contributed by atoms with Gasteiger partial charge >= 0.3 is 0 Å². The molecule has 0 saturated heterocycles. The molecule has 1 N–H and O–H groups in total. The molecule has 0 unspecified atom stereocenters. The molecule has 0 saturated carbocycles. The van der Waals surface area contributed by atoms with E-state index in [9.17, 15) is 0 Å². The number of halogens is 1. The van der Waals surface area contributed by atoms with Crippen molar-refractivity contribution in [1.82, 2.24) is 19.5 Å². The lowest BCUT2D eigenvalue weighted by Gasteiger charge is -2.08. The van der Waals surface area contributed by atoms with Crippen molar-refractivity contribution in [2.75, 3.05) is 7.11 Å². The average molecular weight is 351 g/mol. The third kappa shape index (κ3) is 2.03. The minimum absolute atomic E-state index is 0.481. The molecule has 0 bridgehead atoms. The average Bonchev–Trinajstić information content (AvgIpc) is 2.75. The number of hydrogen-bond acceptors (Lipinski definition) is 4. The minimum atomic E-state index is 0.481. The number of nitrogens with zero attached hydrogens (tertiary/aromatic N) is 3. The highest BCUT2D eigenvalue weighted by Crippen LogP contribution is 2.26. The zero-order chi connectivity index (χ0) is 14.3. The summed E-state index contributed by atoms with van der Waals surface area (Å²) in [5.41, 5.74) is 3.47. The lowest BCUT2D eigenvalue weighted by molar-refractivity contribution is 0.401. The highest BCUT2D eigenvalue weighted by molar-refractivity contribution is 9.10. The number of aryl methyl sites for hydroxylation is 1. The van der Waals surface area contributed by atoms with Gasteiger partial charge in [-0.2, -0.15) is 4.98 Å². The van der Waals surface area contributed by atoms with E-state index in [1.165, 1.54) is 6.33 Å². The van der Waals surface area contributed by atoms with Crippen molar-refractivity contribution >= 4 is 39.3 Å². The SMILES string of the molecule is COc1ncnc2c1[nH]c(=S)n2-c1ccc(Br)cc1C. The van der Waals surface area contributed by atoms with Crippen LogP contribution in [0, 0.1) is 11.7 Å². The van der Waals surface area contributed by atoms with Gasteiger partial charge in [-0.3, -0.25) is 4.57 Å². The summed E-state index contributed by atoms with van der Waals surface area (Å²) in [6.07, 6.45) is 1.47. The number of aromatic nitrogens is 4. The Bertz CT molecular complexity index is 855. The molecule has 0 amide bonds. The predicted octanol–water partition coefficient (Wildman–Crippen LogP) is 3.56. The summed E-state index contributed by atoms with van der Waals surface area (Å²) in [5, 5.41) is 0. The Kier molecular flexibility index (Phi) is 3.31. The maximum atomic E-state index is 5.41. The lowest BCUT2D eigenvalue weighted by atomic mass is 10.2. The molecular weight excluding hydrogens is 340 g/mol. The summed E-state index contributed by atoms with van der Waals surface area (Å²) in [5.74, 6) is 0.481. The second-order valence-electron chi connectivity index (χ2n) is 4.28. The second kappa shape index (κ2) is 4.99. The van der Waals surface area contributed by atoms with E-state index in [0.29, 0.717) is 21.8 Å². The van der Waals surface area contributed by atoms with E-state index in [-0.39, 0.29) is 0 Å². The molecule has 2 heterocycles. The minimum Gasteiger partial charge on any atom is -0.479 e. The molecule has 0 aliphatic carbocycles. The van der Waals surface area contributed by atoms with Crippen LogP contribution in [-0.4, -0.2) is 26.6 Å². The third-order valence-corrected chi connectivity index (χ3v) is 3.81. The molecule has 7 heteroatoms. The van der Waals surface area contributed by atoms with Gasteiger partial charge in [0.2, 0.25) is 5.88 Å². The number of ether oxygens (including phenoxy) is 1. The maximum Gasteiger partial charge on any atom is 0.242 e. The number of H-pyrrole nitrogens is 1. The number of aromatic amines is 1. The molecule has 0 fully saturated rings. The van der Waals surface area contributed by atoms with Crippen LogP contribution in [0.3, 0.4) is 0 Å². The zero-order valence-electron chi connectivity index (χ0n) is 10.8. The van der Waals surface area contributed by atoms with Gasteiger partial charge in [0.15, 0.2) is 10.4 Å². The monoisotopic (exact) mass is 350 g/mol. The van der Waals surface area contributed by atoms with Crippen molar-refractivity contribution in [3.8, 4) is 11.6 Å². The molecule has 0 spiro atoms. The number of rotatable bonds is 2. The molecule has 0 aliphatic rings. The van der Waals surface area contributed by atoms with Crippen LogP contribution in [0.4, 0.5) is 0 Å². The molecule has 2 aromatic heterocycles. The van der Waals surface area contributed by atoms with Gasteiger partial charge in [0.25, 0.3) is 0 Å². The van der Waals surface area contributed by atoms with Gasteiger partial charge in [0.05, 0.1) is 12.8 Å². The Morgan fingerprint density at radius 2 is 2.15 bits per heavy atom. The van der Waals surface area contributed by atoms with Crippen LogP contribution in [0.15, 0.2) is 29.0 Å². The number of nitrogens with one attached hydrogen (secondary N) is 1. The van der Waals surface area contributed by atoms with E-state index in [2.05, 4.69) is 30.9 Å². The zero-order valence-corrected chi connectivity index (χ0v) is 13.2. The number of benzene rings is 1. The smallest absolute Gasteiger partial charge is 0.242 e. The normalized spacial score (nSPS) is 10.9. The van der Waals surface area contributed by atoms with E-state index >= 15 is 0 Å². The summed E-state index contributed by atoms with van der Waals surface area (Å²) in [6, 6.07) is 6.01. The van der Waals surface area contributed by atoms with Crippen molar-refractivity contribution in [3.63, 3.8) is 0 Å². The van der Waals surface area contributed by atoms with Crippen molar-refractivity contribution in [1.29, 1.82) is 0 Å². The fourth-order valence-electron chi connectivity index (χ4n) is 2.15. The molecule has 0 aliphatic heterocycles. The van der Waals surface area contributed by atoms with Gasteiger partial charge in [-0.25, -0.2) is 4.98 Å². The van der Waals surface area contributed by atoms with Crippen LogP contribution in [0.5, 0.6) is 5.88 Å². The Morgan fingerprint density at radius 3 is 2.85 bits per heavy atom. The highest BCUT2D eigenvalue weighted by Gasteiger charge is 2.14. The summed E-state index contributed by atoms with van der Waals surface area (Å²) in [4.78, 5) is 11.5. The maximum absolute atomic E-state index is 5.41. The Labute approximate surface area is 128 Å². The van der Waals surface area contributed by atoms with Crippen molar-refractivity contribution in [2.45, 2.75) is 6.92 Å². The van der Waals surface area contributed by atoms with Crippen LogP contribution >= 0.6 is 28.1 Å². The summed E-state index contributed by atoms with van der Waals surface area (Å²) in [7, 11) is 1.57. The quantitative estimate of drug-likeness (QED) is 0.718. The molecule has 3 aromatic rings. The third-order valence-electron chi connectivity index (χ3n) is 3.03. The largest absolute Gasteiger partial charge is 0.479 e. The number of fused-ring (bicyclic) bond motifs is 1. The van der Waals surface area contributed by atoms with Gasteiger partial charge in [-0.1, -0.05) is 15.9 Å². The summed E-state index contributed by atoms with van der Waals surface area (Å²) < 4.78 is 8.70. The molecule has 5 nitrogen and oxygen atoms in total. The van der Waals surface area contributed by atoms with Crippen molar-refractivity contribution in [3.05, 3.63) is 39.3 Å². The summed E-state index contributed by atoms with van der Waals surface area (Å²) in [6.45, 7) is 2.03. The first-order valence-electron chi connectivity index (χ1n) is 5.88. The van der Waals surface area contributed by atoms with Gasteiger partial charge in [0.1, 0.15) is 11.8 Å². The first-order chi connectivity index (χ1) is 9.61. The van der Waals surface area contributed by atoms with Crippen LogP contribution in [0.25, 0.3) is 16.9 Å². The van der Waals surface area contributed by atoms with Crippen LogP contribution in [0.1, 0.15) is 5.56 Å². The van der Waals surface area contributed by atoms with E-state index < -0.39 is 0 Å². The van der Waals surface area contributed by atoms with E-state index in [1.54, 1.807) is 7.11 Å². The fraction of sp³-hybridized carbons (Fsp3) is 0.154. The lowest BCUT2D eigenvalue weighted by Crippen LogP contribution is -1.99. The highest BCUT2D eigenvalue weighted by atomic mass is 79.9. The molecule has 3 rings (SSSR count). The van der Waals surface area contributed by atoms with Gasteiger partial charge in [-0.05, 0) is 42.9 Å². The molecule has 0 radical (unpaired) electrons. The van der Waals surface area contributed by atoms with Crippen molar-refractivity contribution in [2.24, 2.45) is 0 Å². The summed E-state index contributed by atoms with van der Waals surface area (Å²) >= 11 is 8.87. The second-order valence-corrected chi connectivity index (χ2v) is 5.58. The Morgan fingerprint density at radius 1 is 1.35 bits per heavy atom. The van der Waals surface area contributed by atoms with Crippen LogP contribution in [-0.2, 0) is 0 Å². The van der Waals surface area contributed by atoms with E-state index in [1.807, 2.05) is 29.7 Å². The number of imidazole rings is 1. The number of hydrogen-bond donors (Lipinski definition) is 1. The van der Waals surface area contributed by atoms with Gasteiger partial charge in [-0.15, -0.1) is 0 Å². The van der Waals surface area contributed by atoms with Crippen LogP contribution in [0.2, 0.25) is 0 Å². The topological polar surface area (TPSA) is 55.7 Å². The van der Waals surface area contributed by atoms with E-state index in [4.69, 9.17) is 17.0 Å². The Hall–Kier alpha value is -1.73. The van der Waals surface area contributed by atoms with E-state index in [0.717, 1.165) is 15.7 Å². The van der Waals surface area contributed by atoms with Crippen molar-refractivity contribution < 1.29 is 4.74 Å². The molecule has 20 heavy (non-hydrogen) atoms. The number of methoxy groups -OCH3 is 1.